The van der Waals surface area contributed by atoms with Gasteiger partial charge < -0.3 is 9.64 Å². The lowest BCUT2D eigenvalue weighted by Gasteiger charge is -2.41. The van der Waals surface area contributed by atoms with Gasteiger partial charge >= 0.3 is 6.18 Å². The van der Waals surface area contributed by atoms with Gasteiger partial charge in [-0.1, -0.05) is 12.1 Å². The SMILES string of the molecule is FC(F)(F)c1ccc(-c2ccc(N3CCN(C4CCOCC4)CC3)nc2)cc1. The summed E-state index contributed by atoms with van der Waals surface area (Å²) in [6.45, 7) is 5.63. The first-order valence-corrected chi connectivity index (χ1v) is 9.71. The van der Waals surface area contributed by atoms with Crippen LogP contribution in [0.5, 0.6) is 0 Å². The predicted molar refractivity (Wildman–Crippen MR) is 102 cm³/mol. The molecule has 2 aliphatic heterocycles. The lowest BCUT2D eigenvalue weighted by atomic mass is 10.1. The van der Waals surface area contributed by atoms with E-state index in [1.165, 1.54) is 12.1 Å². The Labute approximate surface area is 162 Å². The lowest BCUT2D eigenvalue weighted by molar-refractivity contribution is -0.137. The molecule has 2 aliphatic rings. The molecule has 0 spiro atoms. The van der Waals surface area contributed by atoms with Gasteiger partial charge in [0, 0.05) is 57.2 Å². The Morgan fingerprint density at radius 1 is 0.857 bits per heavy atom. The number of aromatic nitrogens is 1. The number of pyridine rings is 1. The van der Waals surface area contributed by atoms with E-state index < -0.39 is 11.7 Å². The number of nitrogens with zero attached hydrogens (tertiary/aromatic N) is 3. The van der Waals surface area contributed by atoms with E-state index in [0.29, 0.717) is 6.04 Å². The number of piperazine rings is 1. The number of hydrogen-bond acceptors (Lipinski definition) is 4. The molecule has 7 heteroatoms. The molecule has 0 atom stereocenters. The van der Waals surface area contributed by atoms with E-state index in [0.717, 1.165) is 81.3 Å². The molecule has 0 bridgehead atoms. The smallest absolute Gasteiger partial charge is 0.381 e. The maximum atomic E-state index is 12.7. The van der Waals surface area contributed by atoms with Crippen molar-refractivity contribution < 1.29 is 17.9 Å². The zero-order valence-corrected chi connectivity index (χ0v) is 15.7. The average molecular weight is 391 g/mol. The molecule has 150 valence electrons. The molecule has 0 saturated carbocycles. The van der Waals surface area contributed by atoms with E-state index in [9.17, 15) is 13.2 Å². The Morgan fingerprint density at radius 3 is 2.07 bits per heavy atom. The van der Waals surface area contributed by atoms with E-state index >= 15 is 0 Å². The van der Waals surface area contributed by atoms with Gasteiger partial charge in [0.05, 0.1) is 5.56 Å². The molecule has 2 fully saturated rings. The molecular formula is C21H24F3N3O. The van der Waals surface area contributed by atoms with Crippen LogP contribution in [0.25, 0.3) is 11.1 Å². The second-order valence-corrected chi connectivity index (χ2v) is 7.35. The molecule has 2 saturated heterocycles. The van der Waals surface area contributed by atoms with Crippen molar-refractivity contribution in [3.63, 3.8) is 0 Å². The molecule has 3 heterocycles. The maximum absolute atomic E-state index is 12.7. The van der Waals surface area contributed by atoms with Crippen molar-refractivity contribution in [2.45, 2.75) is 25.1 Å². The van der Waals surface area contributed by atoms with Crippen LogP contribution in [-0.2, 0) is 10.9 Å². The lowest BCUT2D eigenvalue weighted by Crippen LogP contribution is -2.51. The minimum absolute atomic E-state index is 0.630. The summed E-state index contributed by atoms with van der Waals surface area (Å²) < 4.78 is 43.5. The minimum atomic E-state index is -4.31. The predicted octanol–water partition coefficient (Wildman–Crippen LogP) is 4.07. The van der Waals surface area contributed by atoms with E-state index in [-0.39, 0.29) is 0 Å². The Morgan fingerprint density at radius 2 is 1.50 bits per heavy atom. The van der Waals surface area contributed by atoms with Crippen molar-refractivity contribution in [2.24, 2.45) is 0 Å². The van der Waals surface area contributed by atoms with Gasteiger partial charge in [-0.2, -0.15) is 13.2 Å². The standard InChI is InChI=1S/C21H24F3N3O/c22-21(23,24)18-4-1-16(2-5-18)17-3-6-20(25-15-17)27-11-9-26(10-12-27)19-7-13-28-14-8-19/h1-6,15,19H,7-14H2. The number of hydrogen-bond donors (Lipinski definition) is 0. The highest BCUT2D eigenvalue weighted by molar-refractivity contribution is 5.64. The summed E-state index contributed by atoms with van der Waals surface area (Å²) in [6.07, 6.45) is -0.351. The normalized spacial score (nSPS) is 19.8. The van der Waals surface area contributed by atoms with Gasteiger partial charge in [-0.15, -0.1) is 0 Å². The Hall–Kier alpha value is -2.12. The Bertz CT molecular complexity index is 763. The second kappa shape index (κ2) is 8.09. The monoisotopic (exact) mass is 391 g/mol. The van der Waals surface area contributed by atoms with E-state index in [1.807, 2.05) is 12.1 Å². The number of alkyl halides is 3. The summed E-state index contributed by atoms with van der Waals surface area (Å²) in [4.78, 5) is 9.37. The summed E-state index contributed by atoms with van der Waals surface area (Å²) in [5.74, 6) is 0.919. The molecule has 4 nitrogen and oxygen atoms in total. The molecule has 4 rings (SSSR count). The van der Waals surface area contributed by atoms with Crippen LogP contribution >= 0.6 is 0 Å². The highest BCUT2D eigenvalue weighted by atomic mass is 19.4. The molecule has 2 aromatic rings. The zero-order valence-electron chi connectivity index (χ0n) is 15.7. The molecule has 0 N–H and O–H groups in total. The third-order valence-corrected chi connectivity index (χ3v) is 5.64. The van der Waals surface area contributed by atoms with Gasteiger partial charge in [-0.05, 0) is 42.7 Å². The van der Waals surface area contributed by atoms with Gasteiger partial charge in [0.2, 0.25) is 0 Å². The van der Waals surface area contributed by atoms with E-state index in [2.05, 4.69) is 14.8 Å². The van der Waals surface area contributed by atoms with Gasteiger partial charge in [0.15, 0.2) is 0 Å². The highest BCUT2D eigenvalue weighted by Crippen LogP contribution is 2.31. The number of rotatable bonds is 3. The number of benzene rings is 1. The molecule has 0 unspecified atom stereocenters. The van der Waals surface area contributed by atoms with Crippen LogP contribution in [0, 0.1) is 0 Å². The van der Waals surface area contributed by atoms with Crippen molar-refractivity contribution in [3.05, 3.63) is 48.2 Å². The van der Waals surface area contributed by atoms with Crippen LogP contribution in [-0.4, -0.2) is 55.3 Å². The number of ether oxygens (including phenoxy) is 1. The molecular weight excluding hydrogens is 367 g/mol. The fourth-order valence-corrected chi connectivity index (χ4v) is 3.96. The maximum Gasteiger partial charge on any atom is 0.416 e. The summed E-state index contributed by atoms with van der Waals surface area (Å²) >= 11 is 0. The van der Waals surface area contributed by atoms with Crippen molar-refractivity contribution in [1.29, 1.82) is 0 Å². The molecule has 1 aromatic heterocycles. The van der Waals surface area contributed by atoms with Crippen LogP contribution in [0.2, 0.25) is 0 Å². The molecule has 0 radical (unpaired) electrons. The Balaban J connectivity index is 1.37. The second-order valence-electron chi connectivity index (χ2n) is 7.35. The molecule has 0 aliphatic carbocycles. The summed E-state index contributed by atoms with van der Waals surface area (Å²) in [5, 5.41) is 0. The van der Waals surface area contributed by atoms with Gasteiger partial charge in [-0.25, -0.2) is 4.98 Å². The first kappa shape index (κ1) is 19.2. The summed E-state index contributed by atoms with van der Waals surface area (Å²) in [7, 11) is 0. The van der Waals surface area contributed by atoms with Gasteiger partial charge in [0.25, 0.3) is 0 Å². The van der Waals surface area contributed by atoms with Crippen LogP contribution in [0.3, 0.4) is 0 Å². The largest absolute Gasteiger partial charge is 0.416 e. The van der Waals surface area contributed by atoms with Crippen LogP contribution in [0.1, 0.15) is 18.4 Å². The van der Waals surface area contributed by atoms with Crippen LogP contribution in [0.15, 0.2) is 42.6 Å². The molecule has 1 aromatic carbocycles. The molecule has 0 amide bonds. The van der Waals surface area contributed by atoms with E-state index in [4.69, 9.17) is 4.74 Å². The average Bonchev–Trinajstić information content (AvgIpc) is 2.74. The van der Waals surface area contributed by atoms with E-state index in [1.54, 1.807) is 6.20 Å². The quantitative estimate of drug-likeness (QED) is 0.789. The first-order valence-electron chi connectivity index (χ1n) is 9.71. The number of halogens is 3. The fraction of sp³-hybridized carbons (Fsp3) is 0.476. The first-order chi connectivity index (χ1) is 13.5. The van der Waals surface area contributed by atoms with Gasteiger partial charge in [0.1, 0.15) is 5.82 Å². The third kappa shape index (κ3) is 4.31. The Kier molecular flexibility index (Phi) is 5.55. The van der Waals surface area contributed by atoms with Crippen molar-refractivity contribution in [2.75, 3.05) is 44.3 Å². The topological polar surface area (TPSA) is 28.6 Å². The third-order valence-electron chi connectivity index (χ3n) is 5.64. The van der Waals surface area contributed by atoms with Crippen molar-refractivity contribution >= 4 is 5.82 Å². The molecule has 28 heavy (non-hydrogen) atoms. The summed E-state index contributed by atoms with van der Waals surface area (Å²) in [6, 6.07) is 9.72. The fourth-order valence-electron chi connectivity index (χ4n) is 3.96. The van der Waals surface area contributed by atoms with Gasteiger partial charge in [-0.3, -0.25) is 4.90 Å². The van der Waals surface area contributed by atoms with Crippen LogP contribution < -0.4 is 4.90 Å². The minimum Gasteiger partial charge on any atom is -0.381 e. The van der Waals surface area contributed by atoms with Crippen molar-refractivity contribution in [1.82, 2.24) is 9.88 Å². The van der Waals surface area contributed by atoms with Crippen molar-refractivity contribution in [3.8, 4) is 11.1 Å². The highest BCUT2D eigenvalue weighted by Gasteiger charge is 2.30. The summed E-state index contributed by atoms with van der Waals surface area (Å²) in [5.41, 5.74) is 0.915. The zero-order chi connectivity index (χ0) is 19.6. The van der Waals surface area contributed by atoms with Crippen LogP contribution in [0.4, 0.5) is 19.0 Å². The number of anilines is 1.